The second-order valence-electron chi connectivity index (χ2n) is 6.97. The number of rotatable bonds is 2. The van der Waals surface area contributed by atoms with Gasteiger partial charge in [-0.25, -0.2) is 4.39 Å². The molecule has 0 saturated heterocycles. The molecule has 112 valence electrons. The maximum atomic E-state index is 13.5. The molecule has 0 radical (unpaired) electrons. The van der Waals surface area contributed by atoms with Gasteiger partial charge in [-0.2, -0.15) is 0 Å². The standard InChI is InChI=1S/C17H21FN2O/c18-14-7-9(4-5-15(14)19)17(21)20-16-8-10-6-13(16)12-3-1-2-11(10)12/h4-5,7,10-13,16H,1-3,6,8,19H2,(H,20,21). The molecule has 1 aromatic rings. The van der Waals surface area contributed by atoms with E-state index >= 15 is 0 Å². The zero-order valence-electron chi connectivity index (χ0n) is 12.0. The van der Waals surface area contributed by atoms with Crippen molar-refractivity contribution in [3.8, 4) is 0 Å². The Morgan fingerprint density at radius 2 is 2.00 bits per heavy atom. The van der Waals surface area contributed by atoms with Crippen LogP contribution >= 0.6 is 0 Å². The summed E-state index contributed by atoms with van der Waals surface area (Å²) in [6, 6.07) is 4.57. The summed E-state index contributed by atoms with van der Waals surface area (Å²) >= 11 is 0. The Bertz CT molecular complexity index is 588. The van der Waals surface area contributed by atoms with Gasteiger partial charge in [-0.3, -0.25) is 4.79 Å². The Morgan fingerprint density at radius 1 is 1.19 bits per heavy atom. The average Bonchev–Trinajstić information content (AvgIpc) is 3.13. The molecule has 3 fully saturated rings. The number of hydrogen-bond acceptors (Lipinski definition) is 2. The smallest absolute Gasteiger partial charge is 0.251 e. The summed E-state index contributed by atoms with van der Waals surface area (Å²) in [7, 11) is 0. The maximum Gasteiger partial charge on any atom is 0.251 e. The molecule has 1 aromatic carbocycles. The molecule has 3 nitrogen and oxygen atoms in total. The SMILES string of the molecule is Nc1ccc(C(=O)NC2CC3CC2C2CCCC32)cc1F. The summed E-state index contributed by atoms with van der Waals surface area (Å²) in [5.74, 6) is 2.49. The molecule has 21 heavy (non-hydrogen) atoms. The number of nitrogens with two attached hydrogens (primary N) is 1. The summed E-state index contributed by atoms with van der Waals surface area (Å²) in [6.45, 7) is 0. The molecule has 4 rings (SSSR count). The number of benzene rings is 1. The normalized spacial score (nSPS) is 36.7. The summed E-state index contributed by atoms with van der Waals surface area (Å²) in [5.41, 5.74) is 5.91. The highest BCUT2D eigenvalue weighted by molar-refractivity contribution is 5.94. The minimum absolute atomic E-state index is 0.0836. The highest BCUT2D eigenvalue weighted by Crippen LogP contribution is 2.58. The van der Waals surface area contributed by atoms with Crippen LogP contribution in [0.3, 0.4) is 0 Å². The van der Waals surface area contributed by atoms with Crippen LogP contribution in [0.4, 0.5) is 10.1 Å². The Kier molecular flexibility index (Phi) is 2.95. The van der Waals surface area contributed by atoms with Crippen LogP contribution in [0.1, 0.15) is 42.5 Å². The van der Waals surface area contributed by atoms with Gasteiger partial charge in [-0.15, -0.1) is 0 Å². The van der Waals surface area contributed by atoms with Crippen LogP contribution < -0.4 is 11.1 Å². The van der Waals surface area contributed by atoms with E-state index in [1.54, 1.807) is 6.07 Å². The summed E-state index contributed by atoms with van der Waals surface area (Å²) in [6.07, 6.45) is 6.45. The first-order valence-corrected chi connectivity index (χ1v) is 7.99. The highest BCUT2D eigenvalue weighted by Gasteiger charge is 2.54. The molecule has 3 N–H and O–H groups in total. The number of anilines is 1. The molecule has 5 unspecified atom stereocenters. The number of carbonyl (C=O) groups excluding carboxylic acids is 1. The van der Waals surface area contributed by atoms with Gasteiger partial charge in [0, 0.05) is 11.6 Å². The van der Waals surface area contributed by atoms with Gasteiger partial charge in [0.15, 0.2) is 0 Å². The van der Waals surface area contributed by atoms with Gasteiger partial charge >= 0.3 is 0 Å². The van der Waals surface area contributed by atoms with Crippen LogP contribution in [0.25, 0.3) is 0 Å². The fourth-order valence-corrected chi connectivity index (χ4v) is 5.15. The summed E-state index contributed by atoms with van der Waals surface area (Å²) < 4.78 is 13.5. The van der Waals surface area contributed by atoms with Gasteiger partial charge in [0.1, 0.15) is 5.82 Å². The number of halogens is 1. The van der Waals surface area contributed by atoms with E-state index in [-0.39, 0.29) is 17.6 Å². The van der Waals surface area contributed by atoms with Crippen molar-refractivity contribution < 1.29 is 9.18 Å². The minimum atomic E-state index is -0.522. The molecule has 0 heterocycles. The van der Waals surface area contributed by atoms with Crippen LogP contribution in [0.5, 0.6) is 0 Å². The van der Waals surface area contributed by atoms with Crippen molar-refractivity contribution in [2.75, 3.05) is 5.73 Å². The number of amides is 1. The van der Waals surface area contributed by atoms with E-state index in [2.05, 4.69) is 5.32 Å². The van der Waals surface area contributed by atoms with Crippen molar-refractivity contribution in [3.05, 3.63) is 29.6 Å². The fourth-order valence-electron chi connectivity index (χ4n) is 5.15. The third-order valence-corrected chi connectivity index (χ3v) is 6.01. The minimum Gasteiger partial charge on any atom is -0.396 e. The molecule has 4 heteroatoms. The van der Waals surface area contributed by atoms with Crippen molar-refractivity contribution >= 4 is 11.6 Å². The Labute approximate surface area is 124 Å². The number of nitrogen functional groups attached to an aromatic ring is 1. The lowest BCUT2D eigenvalue weighted by Crippen LogP contribution is -2.42. The van der Waals surface area contributed by atoms with Gasteiger partial charge in [0.25, 0.3) is 5.91 Å². The van der Waals surface area contributed by atoms with Crippen LogP contribution in [0.15, 0.2) is 18.2 Å². The average molecular weight is 288 g/mol. The van der Waals surface area contributed by atoms with Crippen LogP contribution in [-0.4, -0.2) is 11.9 Å². The van der Waals surface area contributed by atoms with E-state index in [1.807, 2.05) is 0 Å². The number of carbonyl (C=O) groups is 1. The van der Waals surface area contributed by atoms with Gasteiger partial charge < -0.3 is 11.1 Å². The molecule has 0 aliphatic heterocycles. The second kappa shape index (κ2) is 4.72. The molecular formula is C17H21FN2O. The third kappa shape index (κ3) is 2.03. The van der Waals surface area contributed by atoms with Crippen molar-refractivity contribution in [3.63, 3.8) is 0 Å². The Balaban J connectivity index is 1.47. The first-order chi connectivity index (χ1) is 10.1. The number of fused-ring (bicyclic) bond motifs is 5. The van der Waals surface area contributed by atoms with Gasteiger partial charge in [-0.1, -0.05) is 6.42 Å². The summed E-state index contributed by atoms with van der Waals surface area (Å²) in [4.78, 5) is 12.3. The van der Waals surface area contributed by atoms with Crippen molar-refractivity contribution in [2.45, 2.75) is 38.1 Å². The van der Waals surface area contributed by atoms with Gasteiger partial charge in [-0.05, 0) is 67.6 Å². The molecule has 5 atom stereocenters. The number of nitrogens with one attached hydrogen (secondary N) is 1. The molecule has 0 aromatic heterocycles. The molecule has 3 aliphatic carbocycles. The first kappa shape index (κ1) is 13.1. The van der Waals surface area contributed by atoms with Crippen LogP contribution in [-0.2, 0) is 0 Å². The predicted octanol–water partition coefficient (Wildman–Crippen LogP) is 2.96. The van der Waals surface area contributed by atoms with Crippen molar-refractivity contribution in [1.82, 2.24) is 5.32 Å². The summed E-state index contributed by atoms with van der Waals surface area (Å²) in [5, 5.41) is 3.14. The number of hydrogen-bond donors (Lipinski definition) is 2. The lowest BCUT2D eigenvalue weighted by Gasteiger charge is -2.32. The maximum absolute atomic E-state index is 13.5. The first-order valence-electron chi connectivity index (χ1n) is 7.99. The highest BCUT2D eigenvalue weighted by atomic mass is 19.1. The largest absolute Gasteiger partial charge is 0.396 e. The zero-order chi connectivity index (χ0) is 14.6. The van der Waals surface area contributed by atoms with E-state index in [9.17, 15) is 9.18 Å². The molecule has 2 bridgehead atoms. The van der Waals surface area contributed by atoms with E-state index in [1.165, 1.54) is 37.8 Å². The molecule has 0 spiro atoms. The lowest BCUT2D eigenvalue weighted by atomic mass is 9.79. The van der Waals surface area contributed by atoms with E-state index in [4.69, 9.17) is 5.73 Å². The van der Waals surface area contributed by atoms with Crippen molar-refractivity contribution in [1.29, 1.82) is 0 Å². The molecule has 1 amide bonds. The molecular weight excluding hydrogens is 267 g/mol. The third-order valence-electron chi connectivity index (χ3n) is 6.01. The predicted molar refractivity (Wildman–Crippen MR) is 79.1 cm³/mol. The van der Waals surface area contributed by atoms with E-state index in [0.717, 1.165) is 24.2 Å². The monoisotopic (exact) mass is 288 g/mol. The van der Waals surface area contributed by atoms with Crippen molar-refractivity contribution in [2.24, 2.45) is 23.7 Å². The Morgan fingerprint density at radius 3 is 2.81 bits per heavy atom. The van der Waals surface area contributed by atoms with Gasteiger partial charge in [0.2, 0.25) is 0 Å². The zero-order valence-corrected chi connectivity index (χ0v) is 12.0. The second-order valence-corrected chi connectivity index (χ2v) is 6.97. The molecule has 3 aliphatic rings. The van der Waals surface area contributed by atoms with E-state index in [0.29, 0.717) is 11.5 Å². The van der Waals surface area contributed by atoms with E-state index < -0.39 is 5.82 Å². The van der Waals surface area contributed by atoms with Gasteiger partial charge in [0.05, 0.1) is 5.69 Å². The Hall–Kier alpha value is -1.58. The topological polar surface area (TPSA) is 55.1 Å². The fraction of sp³-hybridized carbons (Fsp3) is 0.588. The van der Waals surface area contributed by atoms with Crippen LogP contribution in [0.2, 0.25) is 0 Å². The van der Waals surface area contributed by atoms with Crippen LogP contribution in [0, 0.1) is 29.5 Å². The quantitative estimate of drug-likeness (QED) is 0.822. The lowest BCUT2D eigenvalue weighted by molar-refractivity contribution is 0.0900. The molecule has 3 saturated carbocycles.